The van der Waals surface area contributed by atoms with E-state index >= 15 is 0 Å². The van der Waals surface area contributed by atoms with Gasteiger partial charge in [0.05, 0.1) is 36.5 Å². The Kier molecular flexibility index (Phi) is 7.60. The van der Waals surface area contributed by atoms with Crippen LogP contribution in [0.5, 0.6) is 5.88 Å². The van der Waals surface area contributed by atoms with Gasteiger partial charge in [-0.25, -0.2) is 4.98 Å². The molecule has 2 aliphatic rings. The third-order valence-electron chi connectivity index (χ3n) is 6.89. The smallest absolute Gasteiger partial charge is 0.305 e. The molecule has 33 heavy (non-hydrogen) atoms. The van der Waals surface area contributed by atoms with Gasteiger partial charge in [-0.15, -0.1) is 0 Å². The second-order valence-corrected chi connectivity index (χ2v) is 9.38. The number of ether oxygens (including phenoxy) is 2. The van der Waals surface area contributed by atoms with E-state index in [0.717, 1.165) is 56.7 Å². The van der Waals surface area contributed by atoms with Crippen LogP contribution in [0.2, 0.25) is 5.02 Å². The first-order valence-corrected chi connectivity index (χ1v) is 11.9. The Morgan fingerprint density at radius 1 is 1.21 bits per heavy atom. The Hall–Kier alpha value is -2.51. The monoisotopic (exact) mass is 473 g/mol. The predicted molar refractivity (Wildman–Crippen MR) is 130 cm³/mol. The number of pyridine rings is 1. The number of carbonyl (C=O) groups is 1. The molecule has 1 aromatic carbocycles. The van der Waals surface area contributed by atoms with Gasteiger partial charge in [-0.2, -0.15) is 0 Å². The second-order valence-electron chi connectivity index (χ2n) is 8.98. The Bertz CT molecular complexity index is 947. The first kappa shape index (κ1) is 23.6. The van der Waals surface area contributed by atoms with E-state index in [1.54, 1.807) is 20.4 Å². The number of anilines is 2. The molecule has 178 valence electrons. The van der Waals surface area contributed by atoms with E-state index in [9.17, 15) is 9.90 Å². The quantitative estimate of drug-likeness (QED) is 0.613. The van der Waals surface area contributed by atoms with Crippen molar-refractivity contribution in [3.63, 3.8) is 0 Å². The van der Waals surface area contributed by atoms with Gasteiger partial charge >= 0.3 is 5.97 Å². The summed E-state index contributed by atoms with van der Waals surface area (Å²) in [4.78, 5) is 19.9. The molecule has 0 spiro atoms. The van der Waals surface area contributed by atoms with E-state index in [1.807, 2.05) is 6.07 Å². The lowest BCUT2D eigenvalue weighted by Gasteiger charge is -2.34. The van der Waals surface area contributed by atoms with Gasteiger partial charge in [0.1, 0.15) is 0 Å². The van der Waals surface area contributed by atoms with Crippen LogP contribution in [0.4, 0.5) is 11.4 Å². The number of carboxylic acid groups (broad SMARTS) is 1. The summed E-state index contributed by atoms with van der Waals surface area (Å²) < 4.78 is 10.8. The summed E-state index contributed by atoms with van der Waals surface area (Å²) in [6.45, 7) is 2.64. The molecule has 0 radical (unpaired) electrons. The minimum absolute atomic E-state index is 0.0266. The number of halogens is 1. The van der Waals surface area contributed by atoms with E-state index in [0.29, 0.717) is 16.8 Å². The molecule has 3 heterocycles. The van der Waals surface area contributed by atoms with Crippen molar-refractivity contribution in [3.05, 3.63) is 47.1 Å². The zero-order valence-corrected chi connectivity index (χ0v) is 20.0. The van der Waals surface area contributed by atoms with E-state index in [4.69, 9.17) is 21.1 Å². The summed E-state index contributed by atoms with van der Waals surface area (Å²) in [5.74, 6) is 0.437. The number of aromatic nitrogens is 1. The molecule has 2 aromatic rings. The van der Waals surface area contributed by atoms with Crippen LogP contribution < -0.4 is 14.5 Å². The Morgan fingerprint density at radius 3 is 2.58 bits per heavy atom. The Balaban J connectivity index is 1.34. The molecule has 2 fully saturated rings. The maximum atomic E-state index is 11.3. The molecule has 7 nitrogen and oxygen atoms in total. The lowest BCUT2D eigenvalue weighted by atomic mass is 9.90. The molecule has 0 unspecified atom stereocenters. The average molecular weight is 474 g/mol. The molecule has 1 N–H and O–H groups in total. The minimum atomic E-state index is -0.767. The number of benzene rings is 1. The summed E-state index contributed by atoms with van der Waals surface area (Å²) in [5, 5.41) is 9.93. The largest absolute Gasteiger partial charge is 0.481 e. The first-order chi connectivity index (χ1) is 16.0. The number of carboxylic acids is 1. The van der Waals surface area contributed by atoms with Gasteiger partial charge in [-0.05, 0) is 49.3 Å². The summed E-state index contributed by atoms with van der Waals surface area (Å²) in [6, 6.07) is 10.5. The van der Waals surface area contributed by atoms with Crippen LogP contribution >= 0.6 is 11.6 Å². The molecule has 0 saturated carbocycles. The highest BCUT2D eigenvalue weighted by atomic mass is 35.5. The highest BCUT2D eigenvalue weighted by Crippen LogP contribution is 2.33. The van der Waals surface area contributed by atoms with Gasteiger partial charge in [-0.1, -0.05) is 23.7 Å². The number of rotatable bonds is 8. The number of hydrogen-bond acceptors (Lipinski definition) is 6. The van der Waals surface area contributed by atoms with Gasteiger partial charge in [0.2, 0.25) is 5.88 Å². The molecule has 0 amide bonds. The summed E-state index contributed by atoms with van der Waals surface area (Å²) in [7, 11) is 3.31. The summed E-state index contributed by atoms with van der Waals surface area (Å²) in [5.41, 5.74) is 3.38. The maximum absolute atomic E-state index is 11.3. The van der Waals surface area contributed by atoms with Gasteiger partial charge in [0.15, 0.2) is 0 Å². The predicted octanol–water partition coefficient (Wildman–Crippen LogP) is 4.27. The van der Waals surface area contributed by atoms with Crippen molar-refractivity contribution < 1.29 is 19.4 Å². The van der Waals surface area contributed by atoms with Crippen LogP contribution in [-0.2, 0) is 16.0 Å². The molecule has 2 atom stereocenters. The van der Waals surface area contributed by atoms with Crippen LogP contribution in [0.25, 0.3) is 0 Å². The number of aliphatic carboxylic acids is 1. The Labute approximate surface area is 200 Å². The molecule has 4 rings (SSSR count). The van der Waals surface area contributed by atoms with Crippen LogP contribution in [0.1, 0.15) is 31.2 Å². The highest BCUT2D eigenvalue weighted by molar-refractivity contribution is 6.33. The lowest BCUT2D eigenvalue weighted by molar-refractivity contribution is -0.137. The van der Waals surface area contributed by atoms with Crippen molar-refractivity contribution in [1.29, 1.82) is 0 Å². The van der Waals surface area contributed by atoms with Crippen molar-refractivity contribution in [3.8, 4) is 5.88 Å². The fourth-order valence-electron chi connectivity index (χ4n) is 5.05. The van der Waals surface area contributed by atoms with Gasteiger partial charge < -0.3 is 24.4 Å². The molecule has 8 heteroatoms. The van der Waals surface area contributed by atoms with E-state index in [2.05, 4.69) is 39.0 Å². The molecular weight excluding hydrogens is 442 g/mol. The SMILES string of the molecule is COc1cc(N2CCC(Cc3ccc(N4C[C@H](OC)C[C@@H]4CC(=O)O)cc3)CC2)c(Cl)cn1. The fraction of sp³-hybridized carbons (Fsp3) is 0.520. The van der Waals surface area contributed by atoms with Crippen molar-refractivity contribution in [2.24, 2.45) is 5.92 Å². The fourth-order valence-corrected chi connectivity index (χ4v) is 5.28. The van der Waals surface area contributed by atoms with Crippen molar-refractivity contribution in [1.82, 2.24) is 4.98 Å². The average Bonchev–Trinajstić information content (AvgIpc) is 3.23. The van der Waals surface area contributed by atoms with Crippen LogP contribution in [0, 0.1) is 5.92 Å². The standard InChI is InChI=1S/C25H32ClN3O4/c1-32-21-12-20(13-25(30)31)29(16-21)19-5-3-17(4-6-19)11-18-7-9-28(10-8-18)23-14-24(33-2)27-15-22(23)26/h3-6,14-15,18,20-21H,7-13,16H2,1-2H3,(H,30,31)/t20-,21-/m1/s1. The zero-order chi connectivity index (χ0) is 23.4. The summed E-state index contributed by atoms with van der Waals surface area (Å²) in [6.07, 6.45) is 5.86. The number of piperidine rings is 1. The maximum Gasteiger partial charge on any atom is 0.305 e. The first-order valence-electron chi connectivity index (χ1n) is 11.5. The molecule has 2 saturated heterocycles. The number of nitrogens with zero attached hydrogens (tertiary/aromatic N) is 3. The number of hydrogen-bond donors (Lipinski definition) is 1. The van der Waals surface area contributed by atoms with Gasteiger partial charge in [0.25, 0.3) is 0 Å². The number of methoxy groups -OCH3 is 2. The van der Waals surface area contributed by atoms with Crippen molar-refractivity contribution in [2.45, 2.75) is 44.2 Å². The van der Waals surface area contributed by atoms with Crippen molar-refractivity contribution in [2.75, 3.05) is 43.7 Å². The molecule has 0 bridgehead atoms. The summed E-state index contributed by atoms with van der Waals surface area (Å²) >= 11 is 6.37. The van der Waals surface area contributed by atoms with Gasteiger partial charge in [0, 0.05) is 44.5 Å². The Morgan fingerprint density at radius 2 is 1.94 bits per heavy atom. The van der Waals surface area contributed by atoms with E-state index in [1.165, 1.54) is 5.56 Å². The molecule has 0 aliphatic carbocycles. The van der Waals surface area contributed by atoms with Gasteiger partial charge in [-0.3, -0.25) is 4.79 Å². The minimum Gasteiger partial charge on any atom is -0.481 e. The second kappa shape index (κ2) is 10.6. The van der Waals surface area contributed by atoms with E-state index in [-0.39, 0.29) is 18.6 Å². The topological polar surface area (TPSA) is 75.1 Å². The normalized spacial score (nSPS) is 21.4. The van der Waals surface area contributed by atoms with Crippen molar-refractivity contribution >= 4 is 28.9 Å². The van der Waals surface area contributed by atoms with Crippen LogP contribution in [-0.4, -0.2) is 62.1 Å². The van der Waals surface area contributed by atoms with Crippen LogP contribution in [0.15, 0.2) is 36.5 Å². The highest BCUT2D eigenvalue weighted by Gasteiger charge is 2.33. The molecule has 2 aliphatic heterocycles. The molecular formula is C25H32ClN3O4. The third kappa shape index (κ3) is 5.71. The lowest BCUT2D eigenvalue weighted by Crippen LogP contribution is -2.34. The zero-order valence-electron chi connectivity index (χ0n) is 19.2. The van der Waals surface area contributed by atoms with Crippen LogP contribution in [0.3, 0.4) is 0 Å². The third-order valence-corrected chi connectivity index (χ3v) is 7.18. The van der Waals surface area contributed by atoms with E-state index < -0.39 is 5.97 Å². The molecule has 1 aromatic heterocycles.